The van der Waals surface area contributed by atoms with Crippen LogP contribution in [0.3, 0.4) is 0 Å². The van der Waals surface area contributed by atoms with Gasteiger partial charge < -0.3 is 10.2 Å². The van der Waals surface area contributed by atoms with E-state index in [2.05, 4.69) is 41.2 Å². The molecule has 2 aliphatic rings. The zero-order valence-electron chi connectivity index (χ0n) is 16.2. The molecule has 2 N–H and O–H groups in total. The van der Waals surface area contributed by atoms with Crippen LogP contribution in [0.2, 0.25) is 0 Å². The van der Waals surface area contributed by atoms with E-state index in [0.717, 1.165) is 49.3 Å². The molecule has 7 nitrogen and oxygen atoms in total. The van der Waals surface area contributed by atoms with Crippen LogP contribution in [0, 0.1) is 5.92 Å². The van der Waals surface area contributed by atoms with Gasteiger partial charge in [0, 0.05) is 43.9 Å². The number of rotatable bonds is 6. The Labute approximate surface area is 155 Å². The van der Waals surface area contributed by atoms with Crippen LogP contribution in [0.15, 0.2) is 0 Å². The lowest BCUT2D eigenvalue weighted by molar-refractivity contribution is -0.139. The minimum atomic E-state index is -0.341. The monoisotopic (exact) mass is 361 g/mol. The normalized spacial score (nSPS) is 21.0. The van der Waals surface area contributed by atoms with Crippen molar-refractivity contribution in [3.63, 3.8) is 0 Å². The average Bonchev–Trinajstić information content (AvgIpc) is 3.04. The Kier molecular flexibility index (Phi) is 5.96. The van der Waals surface area contributed by atoms with Crippen LogP contribution >= 0.6 is 0 Å². The van der Waals surface area contributed by atoms with Gasteiger partial charge in [-0.2, -0.15) is 5.10 Å². The molecule has 26 heavy (non-hydrogen) atoms. The van der Waals surface area contributed by atoms with Crippen molar-refractivity contribution in [3.8, 4) is 0 Å². The first-order valence-corrected chi connectivity index (χ1v) is 9.84. The van der Waals surface area contributed by atoms with Crippen LogP contribution in [-0.2, 0) is 29.0 Å². The molecule has 3 heterocycles. The van der Waals surface area contributed by atoms with Gasteiger partial charge in [0.25, 0.3) is 0 Å². The molecular formula is C19H31N5O2. The first-order valence-electron chi connectivity index (χ1n) is 9.84. The number of hydrogen-bond donors (Lipinski definition) is 2. The van der Waals surface area contributed by atoms with Gasteiger partial charge in [-0.15, -0.1) is 0 Å². The van der Waals surface area contributed by atoms with E-state index < -0.39 is 0 Å². The second-order valence-electron chi connectivity index (χ2n) is 7.78. The smallest absolute Gasteiger partial charge is 0.237 e. The average molecular weight is 361 g/mol. The predicted molar refractivity (Wildman–Crippen MR) is 99.5 cm³/mol. The number of carbonyl (C=O) groups excluding carboxylic acids is 2. The van der Waals surface area contributed by atoms with E-state index >= 15 is 0 Å². The number of hydrogen-bond acceptors (Lipinski definition) is 4. The Bertz CT molecular complexity index is 641. The summed E-state index contributed by atoms with van der Waals surface area (Å²) in [6.07, 6.45) is 2.97. The number of aromatic nitrogens is 2. The number of aromatic amines is 1. The molecular weight excluding hydrogens is 330 g/mol. The molecule has 1 fully saturated rings. The second-order valence-corrected chi connectivity index (χ2v) is 7.78. The number of nitrogens with one attached hydrogen (secondary N) is 2. The summed E-state index contributed by atoms with van der Waals surface area (Å²) in [5.74, 6) is 0.643. The number of piperazine rings is 1. The van der Waals surface area contributed by atoms with Gasteiger partial charge in [-0.1, -0.05) is 20.8 Å². The summed E-state index contributed by atoms with van der Waals surface area (Å²) in [4.78, 5) is 29.4. The summed E-state index contributed by atoms with van der Waals surface area (Å²) in [5, 5.41) is 10.4. The second kappa shape index (κ2) is 8.20. The zero-order chi connectivity index (χ0) is 18.7. The third-order valence-corrected chi connectivity index (χ3v) is 5.51. The van der Waals surface area contributed by atoms with Gasteiger partial charge >= 0.3 is 0 Å². The lowest BCUT2D eigenvalue weighted by Gasteiger charge is -2.36. The number of nitrogens with zero attached hydrogens (tertiary/aromatic N) is 3. The summed E-state index contributed by atoms with van der Waals surface area (Å²) in [6.45, 7) is 10.1. The molecule has 3 rings (SSSR count). The van der Waals surface area contributed by atoms with Crippen molar-refractivity contribution < 1.29 is 9.59 Å². The van der Waals surface area contributed by atoms with Crippen molar-refractivity contribution in [2.24, 2.45) is 5.92 Å². The minimum absolute atomic E-state index is 0.0105. The van der Waals surface area contributed by atoms with Crippen LogP contribution in [0.1, 0.15) is 50.6 Å². The molecule has 1 unspecified atom stereocenters. The highest BCUT2D eigenvalue weighted by atomic mass is 16.2. The highest BCUT2D eigenvalue weighted by Crippen LogP contribution is 2.22. The molecule has 0 bridgehead atoms. The van der Waals surface area contributed by atoms with Gasteiger partial charge in [0.2, 0.25) is 11.8 Å². The van der Waals surface area contributed by atoms with Gasteiger partial charge in [0.15, 0.2) is 0 Å². The molecule has 1 aromatic heterocycles. The standard InChI is InChI=1S/C19H31N5O2/c1-4-15-14-12-24(9-6-16(14)22-21-15)18(25)11-17-19(26)20-7-10-23(17)8-5-13(2)3/h13,17H,4-12H2,1-3H3,(H,20,26)(H,21,22). The van der Waals surface area contributed by atoms with Crippen LogP contribution in [0.25, 0.3) is 0 Å². The molecule has 0 saturated carbocycles. The number of H-pyrrole nitrogens is 1. The van der Waals surface area contributed by atoms with Crippen molar-refractivity contribution in [1.82, 2.24) is 25.3 Å². The predicted octanol–water partition coefficient (Wildman–Crippen LogP) is 1.09. The lowest BCUT2D eigenvalue weighted by atomic mass is 10.0. The number of amides is 2. The van der Waals surface area contributed by atoms with Gasteiger partial charge in [0.1, 0.15) is 0 Å². The Morgan fingerprint density at radius 2 is 2.15 bits per heavy atom. The Hall–Kier alpha value is -1.89. The van der Waals surface area contributed by atoms with E-state index in [-0.39, 0.29) is 24.3 Å². The number of fused-ring (bicyclic) bond motifs is 1. The summed E-state index contributed by atoms with van der Waals surface area (Å²) in [6, 6.07) is -0.341. The molecule has 1 atom stereocenters. The van der Waals surface area contributed by atoms with Crippen molar-refractivity contribution in [1.29, 1.82) is 0 Å². The summed E-state index contributed by atoms with van der Waals surface area (Å²) in [7, 11) is 0. The Morgan fingerprint density at radius 1 is 1.35 bits per heavy atom. The maximum atomic E-state index is 12.9. The molecule has 1 saturated heterocycles. The van der Waals surface area contributed by atoms with Crippen LogP contribution < -0.4 is 5.32 Å². The first-order chi connectivity index (χ1) is 12.5. The lowest BCUT2D eigenvalue weighted by Crippen LogP contribution is -2.57. The molecule has 0 aromatic carbocycles. The number of aryl methyl sites for hydroxylation is 1. The molecule has 0 radical (unpaired) electrons. The molecule has 2 aliphatic heterocycles. The SMILES string of the molecule is CCc1n[nH]c2c1CN(C(=O)CC1C(=O)NCCN1CCC(C)C)CC2. The van der Waals surface area contributed by atoms with E-state index in [1.165, 1.54) is 0 Å². The van der Waals surface area contributed by atoms with Gasteiger partial charge in [-0.25, -0.2) is 0 Å². The van der Waals surface area contributed by atoms with Crippen molar-refractivity contribution in [3.05, 3.63) is 17.0 Å². The third kappa shape index (κ3) is 4.09. The molecule has 144 valence electrons. The molecule has 0 spiro atoms. The molecule has 2 amide bonds. The zero-order valence-corrected chi connectivity index (χ0v) is 16.2. The van der Waals surface area contributed by atoms with E-state index in [9.17, 15) is 9.59 Å². The van der Waals surface area contributed by atoms with Gasteiger partial charge in [0.05, 0.1) is 18.2 Å². The van der Waals surface area contributed by atoms with Crippen LogP contribution in [-0.4, -0.2) is 64.0 Å². The summed E-state index contributed by atoms with van der Waals surface area (Å²) >= 11 is 0. The third-order valence-electron chi connectivity index (χ3n) is 5.51. The van der Waals surface area contributed by atoms with Crippen molar-refractivity contribution >= 4 is 11.8 Å². The Morgan fingerprint density at radius 3 is 2.88 bits per heavy atom. The Balaban J connectivity index is 1.64. The fraction of sp³-hybridized carbons (Fsp3) is 0.737. The molecule has 1 aromatic rings. The van der Waals surface area contributed by atoms with E-state index in [4.69, 9.17) is 0 Å². The fourth-order valence-electron chi connectivity index (χ4n) is 3.83. The fourth-order valence-corrected chi connectivity index (χ4v) is 3.83. The van der Waals surface area contributed by atoms with Gasteiger partial charge in [-0.3, -0.25) is 19.6 Å². The van der Waals surface area contributed by atoms with E-state index in [1.807, 2.05) is 4.90 Å². The highest BCUT2D eigenvalue weighted by molar-refractivity contribution is 5.89. The molecule has 7 heteroatoms. The summed E-state index contributed by atoms with van der Waals surface area (Å²) < 4.78 is 0. The van der Waals surface area contributed by atoms with E-state index in [0.29, 0.717) is 25.6 Å². The van der Waals surface area contributed by atoms with Crippen LogP contribution in [0.5, 0.6) is 0 Å². The quantitative estimate of drug-likeness (QED) is 0.795. The van der Waals surface area contributed by atoms with Gasteiger partial charge in [-0.05, 0) is 25.3 Å². The maximum Gasteiger partial charge on any atom is 0.237 e. The van der Waals surface area contributed by atoms with Crippen LogP contribution in [0.4, 0.5) is 0 Å². The van der Waals surface area contributed by atoms with Crippen molar-refractivity contribution in [2.45, 2.75) is 59.0 Å². The maximum absolute atomic E-state index is 12.9. The minimum Gasteiger partial charge on any atom is -0.353 e. The van der Waals surface area contributed by atoms with Crippen molar-refractivity contribution in [2.75, 3.05) is 26.2 Å². The topological polar surface area (TPSA) is 81.3 Å². The summed E-state index contributed by atoms with van der Waals surface area (Å²) in [5.41, 5.74) is 3.36. The highest BCUT2D eigenvalue weighted by Gasteiger charge is 2.34. The molecule has 0 aliphatic carbocycles. The van der Waals surface area contributed by atoms with E-state index in [1.54, 1.807) is 0 Å². The number of carbonyl (C=O) groups is 2. The largest absolute Gasteiger partial charge is 0.353 e. The first kappa shape index (κ1) is 18.9.